The highest BCUT2D eigenvalue weighted by atomic mass is 35.5. The summed E-state index contributed by atoms with van der Waals surface area (Å²) in [5.41, 5.74) is 2.17. The molecule has 150 valence electrons. The minimum Gasteiger partial charge on any atom is -0.497 e. The summed E-state index contributed by atoms with van der Waals surface area (Å²) >= 11 is 7.95. The van der Waals surface area contributed by atoms with Gasteiger partial charge in [-0.25, -0.2) is 0 Å². The second-order valence-electron chi connectivity index (χ2n) is 7.13. The highest BCUT2D eigenvalue weighted by Crippen LogP contribution is 2.39. The van der Waals surface area contributed by atoms with Crippen LogP contribution >= 0.6 is 22.9 Å². The van der Waals surface area contributed by atoms with Crippen molar-refractivity contribution in [2.45, 2.75) is 44.0 Å². The first kappa shape index (κ1) is 19.7. The van der Waals surface area contributed by atoms with Gasteiger partial charge in [-0.15, -0.1) is 11.3 Å². The van der Waals surface area contributed by atoms with Crippen molar-refractivity contribution in [3.8, 4) is 5.75 Å². The van der Waals surface area contributed by atoms with Crippen molar-refractivity contribution in [3.63, 3.8) is 0 Å². The molecule has 3 unspecified atom stereocenters. The number of rotatable bonds is 6. The van der Waals surface area contributed by atoms with Crippen LogP contribution in [0.1, 0.15) is 41.4 Å². The minimum absolute atomic E-state index is 0.0863. The van der Waals surface area contributed by atoms with Crippen LogP contribution in [0.2, 0.25) is 4.34 Å². The van der Waals surface area contributed by atoms with Gasteiger partial charge in [0.2, 0.25) is 0 Å². The maximum absolute atomic E-state index is 10.0. The number of hydrogen-bond acceptors (Lipinski definition) is 6. The van der Waals surface area contributed by atoms with E-state index in [2.05, 4.69) is 6.07 Å². The molecule has 0 aliphatic carbocycles. The molecule has 3 atom stereocenters. The van der Waals surface area contributed by atoms with Crippen LogP contribution in [0.4, 0.5) is 0 Å². The zero-order valence-electron chi connectivity index (χ0n) is 15.3. The molecule has 1 aromatic carbocycles. The van der Waals surface area contributed by atoms with E-state index in [-0.39, 0.29) is 18.8 Å². The maximum Gasteiger partial charge on any atom is 0.142 e. The summed E-state index contributed by atoms with van der Waals surface area (Å²) in [4.78, 5) is 0.991. The Morgan fingerprint density at radius 1 is 1.21 bits per heavy atom. The fourth-order valence-corrected chi connectivity index (χ4v) is 4.83. The molecule has 1 fully saturated rings. The van der Waals surface area contributed by atoms with Crippen LogP contribution in [-0.4, -0.2) is 35.6 Å². The summed E-state index contributed by atoms with van der Waals surface area (Å²) in [6.07, 6.45) is 3.14. The van der Waals surface area contributed by atoms with Crippen molar-refractivity contribution < 1.29 is 24.4 Å². The molecule has 5 nitrogen and oxygen atoms in total. The number of ether oxygens (including phenoxy) is 3. The molecule has 28 heavy (non-hydrogen) atoms. The lowest BCUT2D eigenvalue weighted by molar-refractivity contribution is -0.112. The first-order valence-corrected chi connectivity index (χ1v) is 10.6. The molecule has 0 amide bonds. The molecule has 0 spiro atoms. The molecule has 4 rings (SSSR count). The van der Waals surface area contributed by atoms with Crippen molar-refractivity contribution in [2.75, 3.05) is 13.2 Å². The standard InChI is InChI=1S/C21H23ClO5S/c22-21-14(8-20(28-21)19-10-15(24)9-18(11-23)27-19)7-13-1-3-16(4-2-13)26-17-5-6-25-12-17/h1-4,8,12,15,18-19,23-24H,5-7,9-11H2. The highest BCUT2D eigenvalue weighted by Gasteiger charge is 2.30. The van der Waals surface area contributed by atoms with Gasteiger partial charge < -0.3 is 24.4 Å². The topological polar surface area (TPSA) is 68.2 Å². The molecule has 0 radical (unpaired) electrons. The molecule has 1 aromatic heterocycles. The van der Waals surface area contributed by atoms with Crippen molar-refractivity contribution >= 4 is 22.9 Å². The Labute approximate surface area is 173 Å². The lowest BCUT2D eigenvalue weighted by Crippen LogP contribution is -2.33. The average molecular weight is 423 g/mol. The van der Waals surface area contributed by atoms with E-state index in [1.807, 2.05) is 24.3 Å². The summed E-state index contributed by atoms with van der Waals surface area (Å²) in [6.45, 7) is 0.587. The number of hydrogen-bond donors (Lipinski definition) is 2. The molecule has 2 N–H and O–H groups in total. The van der Waals surface area contributed by atoms with Crippen molar-refractivity contribution in [1.82, 2.24) is 0 Å². The highest BCUT2D eigenvalue weighted by molar-refractivity contribution is 7.16. The van der Waals surface area contributed by atoms with Gasteiger partial charge in [-0.2, -0.15) is 0 Å². The van der Waals surface area contributed by atoms with Gasteiger partial charge in [0.15, 0.2) is 0 Å². The SMILES string of the molecule is OCC1CC(O)CC(c2cc(Cc3ccc(OC4=COCC4)cc3)c(Cl)s2)O1. The van der Waals surface area contributed by atoms with E-state index in [0.29, 0.717) is 25.9 Å². The van der Waals surface area contributed by atoms with Gasteiger partial charge in [0, 0.05) is 24.1 Å². The predicted octanol–water partition coefficient (Wildman–Crippen LogP) is 4.21. The second kappa shape index (κ2) is 8.84. The van der Waals surface area contributed by atoms with Crippen LogP contribution in [0, 0.1) is 0 Å². The van der Waals surface area contributed by atoms with Crippen LogP contribution < -0.4 is 4.74 Å². The molecule has 2 aliphatic rings. The summed E-state index contributed by atoms with van der Waals surface area (Å²) in [6, 6.07) is 10.0. The molecular formula is C21H23ClO5S. The smallest absolute Gasteiger partial charge is 0.142 e. The van der Waals surface area contributed by atoms with E-state index >= 15 is 0 Å². The molecule has 2 aromatic rings. The molecule has 3 heterocycles. The van der Waals surface area contributed by atoms with Gasteiger partial charge in [0.25, 0.3) is 0 Å². The largest absolute Gasteiger partial charge is 0.497 e. The van der Waals surface area contributed by atoms with Crippen LogP contribution in [0.25, 0.3) is 0 Å². The van der Waals surface area contributed by atoms with Crippen molar-refractivity contribution in [2.24, 2.45) is 0 Å². The van der Waals surface area contributed by atoms with Gasteiger partial charge in [-0.3, -0.25) is 0 Å². The number of thiophene rings is 1. The van der Waals surface area contributed by atoms with Crippen LogP contribution in [-0.2, 0) is 15.9 Å². The van der Waals surface area contributed by atoms with Gasteiger partial charge in [-0.1, -0.05) is 23.7 Å². The Bertz CT molecular complexity index is 832. The zero-order valence-corrected chi connectivity index (χ0v) is 16.9. The Hall–Kier alpha value is -1.57. The van der Waals surface area contributed by atoms with E-state index < -0.39 is 6.10 Å². The van der Waals surface area contributed by atoms with Crippen LogP contribution in [0.15, 0.2) is 42.4 Å². The first-order valence-electron chi connectivity index (χ1n) is 9.40. The third-order valence-corrected chi connectivity index (χ3v) is 6.46. The Morgan fingerprint density at radius 2 is 2.04 bits per heavy atom. The summed E-state index contributed by atoms with van der Waals surface area (Å²) < 4.78 is 17.6. The molecule has 0 bridgehead atoms. The monoisotopic (exact) mass is 422 g/mol. The zero-order chi connectivity index (χ0) is 19.5. The molecule has 0 saturated carbocycles. The van der Waals surface area contributed by atoms with E-state index in [4.69, 9.17) is 25.8 Å². The summed E-state index contributed by atoms with van der Waals surface area (Å²) in [5.74, 6) is 1.63. The quantitative estimate of drug-likeness (QED) is 0.730. The summed E-state index contributed by atoms with van der Waals surface area (Å²) in [5, 5.41) is 19.4. The average Bonchev–Trinajstić information content (AvgIpc) is 3.33. The van der Waals surface area contributed by atoms with Crippen LogP contribution in [0.3, 0.4) is 0 Å². The molecular weight excluding hydrogens is 400 g/mol. The van der Waals surface area contributed by atoms with E-state index in [0.717, 1.165) is 38.3 Å². The normalized spacial score (nSPS) is 24.7. The minimum atomic E-state index is -0.465. The fraction of sp³-hybridized carbons (Fsp3) is 0.429. The third-order valence-electron chi connectivity index (χ3n) is 4.92. The number of aliphatic hydroxyl groups is 2. The Morgan fingerprint density at radius 3 is 2.75 bits per heavy atom. The Kier molecular flexibility index (Phi) is 6.23. The molecule has 7 heteroatoms. The van der Waals surface area contributed by atoms with Crippen molar-refractivity contribution in [3.05, 3.63) is 62.7 Å². The summed E-state index contributed by atoms with van der Waals surface area (Å²) in [7, 11) is 0. The van der Waals surface area contributed by atoms with E-state index in [9.17, 15) is 10.2 Å². The Balaban J connectivity index is 1.42. The number of aliphatic hydroxyl groups excluding tert-OH is 2. The van der Waals surface area contributed by atoms with Gasteiger partial charge in [0.05, 0.1) is 35.9 Å². The van der Waals surface area contributed by atoms with Gasteiger partial charge in [0.1, 0.15) is 17.8 Å². The lowest BCUT2D eigenvalue weighted by Gasteiger charge is -2.31. The fourth-order valence-electron chi connectivity index (χ4n) is 3.49. The third kappa shape index (κ3) is 4.70. The van der Waals surface area contributed by atoms with E-state index in [1.165, 1.54) is 11.3 Å². The molecule has 2 aliphatic heterocycles. The lowest BCUT2D eigenvalue weighted by atomic mass is 9.99. The van der Waals surface area contributed by atoms with Gasteiger partial charge in [-0.05, 0) is 35.7 Å². The first-order chi connectivity index (χ1) is 13.6. The van der Waals surface area contributed by atoms with Crippen LogP contribution in [0.5, 0.6) is 5.75 Å². The van der Waals surface area contributed by atoms with Gasteiger partial charge >= 0.3 is 0 Å². The maximum atomic E-state index is 10.0. The number of benzene rings is 1. The van der Waals surface area contributed by atoms with Crippen molar-refractivity contribution in [1.29, 1.82) is 0 Å². The predicted molar refractivity (Wildman–Crippen MR) is 108 cm³/mol. The molecule has 1 saturated heterocycles. The van der Waals surface area contributed by atoms with E-state index in [1.54, 1.807) is 6.26 Å². The second-order valence-corrected chi connectivity index (χ2v) is 8.82. The number of halogens is 1.